The summed E-state index contributed by atoms with van der Waals surface area (Å²) in [6.45, 7) is 1.89. The number of rotatable bonds is 4. The lowest BCUT2D eigenvalue weighted by Gasteiger charge is -2.28. The molecule has 0 aromatic heterocycles. The highest BCUT2D eigenvalue weighted by molar-refractivity contribution is 6.33. The topological polar surface area (TPSA) is 108 Å². The van der Waals surface area contributed by atoms with Gasteiger partial charge < -0.3 is 0 Å². The molecule has 9 heteroatoms. The highest BCUT2D eigenvalue weighted by Crippen LogP contribution is 2.22. The Morgan fingerprint density at radius 2 is 1.75 bits per heavy atom. The van der Waals surface area contributed by atoms with Crippen LogP contribution in [0.5, 0.6) is 0 Å². The summed E-state index contributed by atoms with van der Waals surface area (Å²) in [5.41, 5.74) is 3.88. The van der Waals surface area contributed by atoms with Crippen molar-refractivity contribution in [2.75, 3.05) is 4.90 Å². The average molecular weight is 399 g/mol. The molecule has 0 aliphatic carbocycles. The molecular formula is C19H15ClN4O4. The van der Waals surface area contributed by atoms with Crippen LogP contribution in [0.4, 0.5) is 10.5 Å². The van der Waals surface area contributed by atoms with Crippen LogP contribution in [-0.2, 0) is 9.59 Å². The number of hydrogen-bond donors (Lipinski definition) is 2. The number of amides is 5. The van der Waals surface area contributed by atoms with Crippen molar-refractivity contribution in [3.8, 4) is 0 Å². The first-order valence-corrected chi connectivity index (χ1v) is 8.59. The molecule has 1 aliphatic rings. The van der Waals surface area contributed by atoms with Crippen LogP contribution in [0.25, 0.3) is 0 Å². The molecule has 1 heterocycles. The molecule has 3 rings (SSSR count). The molecule has 2 N–H and O–H groups in total. The molecule has 1 atom stereocenters. The van der Waals surface area contributed by atoms with Gasteiger partial charge in [0.2, 0.25) is 5.91 Å². The van der Waals surface area contributed by atoms with Crippen LogP contribution in [-0.4, -0.2) is 30.0 Å². The number of barbiturate groups is 1. The Bertz CT molecular complexity index is 970. The molecule has 5 amide bonds. The summed E-state index contributed by atoms with van der Waals surface area (Å²) in [5, 5.41) is 6.22. The van der Waals surface area contributed by atoms with Gasteiger partial charge in [0.25, 0.3) is 11.8 Å². The second-order valence-electron chi connectivity index (χ2n) is 6.01. The maximum absolute atomic E-state index is 12.6. The summed E-state index contributed by atoms with van der Waals surface area (Å²) in [4.78, 5) is 49.6. The maximum Gasteiger partial charge on any atom is 0.335 e. The molecular weight excluding hydrogens is 384 g/mol. The Kier molecular flexibility index (Phi) is 5.51. The van der Waals surface area contributed by atoms with Gasteiger partial charge >= 0.3 is 6.03 Å². The van der Waals surface area contributed by atoms with Crippen LogP contribution in [0.1, 0.15) is 15.9 Å². The lowest BCUT2D eigenvalue weighted by atomic mass is 10.1. The van der Waals surface area contributed by atoms with E-state index in [0.717, 1.165) is 16.7 Å². The molecule has 0 radical (unpaired) electrons. The number of halogens is 1. The van der Waals surface area contributed by atoms with Gasteiger partial charge in [-0.15, -0.1) is 0 Å². The predicted octanol–water partition coefficient (Wildman–Crippen LogP) is 2.26. The molecule has 28 heavy (non-hydrogen) atoms. The number of urea groups is 1. The number of benzene rings is 2. The molecule has 1 saturated heterocycles. The number of nitrogens with one attached hydrogen (secondary N) is 2. The zero-order valence-corrected chi connectivity index (χ0v) is 15.4. The second kappa shape index (κ2) is 8.01. The van der Waals surface area contributed by atoms with Gasteiger partial charge in [0, 0.05) is 16.8 Å². The van der Waals surface area contributed by atoms with Crippen molar-refractivity contribution in [2.24, 2.45) is 11.0 Å². The number of aryl methyl sites for hydroxylation is 1. The number of hydrogen-bond acceptors (Lipinski definition) is 5. The van der Waals surface area contributed by atoms with Crippen molar-refractivity contribution in [3.63, 3.8) is 0 Å². The van der Waals surface area contributed by atoms with Crippen LogP contribution in [0.15, 0.2) is 53.6 Å². The Morgan fingerprint density at radius 3 is 2.39 bits per heavy atom. The summed E-state index contributed by atoms with van der Waals surface area (Å²) in [7, 11) is 0. The van der Waals surface area contributed by atoms with Crippen LogP contribution in [0, 0.1) is 12.8 Å². The molecule has 1 fully saturated rings. The minimum atomic E-state index is -1.37. The van der Waals surface area contributed by atoms with Gasteiger partial charge in [-0.2, -0.15) is 5.10 Å². The van der Waals surface area contributed by atoms with Gasteiger partial charge in [-0.3, -0.25) is 19.7 Å². The van der Waals surface area contributed by atoms with E-state index in [4.69, 9.17) is 11.6 Å². The maximum atomic E-state index is 12.6. The number of nitrogens with zero attached hydrogens (tertiary/aromatic N) is 2. The van der Waals surface area contributed by atoms with Crippen molar-refractivity contribution in [3.05, 3.63) is 64.7 Å². The Labute approximate surface area is 165 Å². The van der Waals surface area contributed by atoms with Gasteiger partial charge in [0.05, 0.1) is 5.69 Å². The highest BCUT2D eigenvalue weighted by atomic mass is 35.5. The van der Waals surface area contributed by atoms with Crippen LogP contribution >= 0.6 is 11.6 Å². The van der Waals surface area contributed by atoms with E-state index in [1.54, 1.807) is 24.3 Å². The third kappa shape index (κ3) is 4.07. The van der Waals surface area contributed by atoms with E-state index >= 15 is 0 Å². The fourth-order valence-corrected chi connectivity index (χ4v) is 2.62. The second-order valence-corrected chi connectivity index (χ2v) is 6.44. The van der Waals surface area contributed by atoms with E-state index < -0.39 is 29.7 Å². The van der Waals surface area contributed by atoms with E-state index in [0.29, 0.717) is 10.6 Å². The molecule has 142 valence electrons. The molecule has 0 saturated carbocycles. The number of hydrazone groups is 1. The number of anilines is 1. The molecule has 2 aromatic carbocycles. The summed E-state index contributed by atoms with van der Waals surface area (Å²) in [5.74, 6) is -3.48. The van der Waals surface area contributed by atoms with Gasteiger partial charge in [0.15, 0.2) is 5.92 Å². The van der Waals surface area contributed by atoms with E-state index in [1.807, 2.05) is 6.92 Å². The van der Waals surface area contributed by atoms with Gasteiger partial charge in [-0.25, -0.2) is 15.1 Å². The molecule has 1 aliphatic heterocycles. The van der Waals surface area contributed by atoms with Crippen molar-refractivity contribution >= 4 is 47.3 Å². The molecule has 8 nitrogen and oxygen atoms in total. The molecule has 0 bridgehead atoms. The normalized spacial score (nSPS) is 17.0. The van der Waals surface area contributed by atoms with E-state index in [2.05, 4.69) is 15.8 Å². The van der Waals surface area contributed by atoms with E-state index in [-0.39, 0.29) is 5.69 Å². The van der Waals surface area contributed by atoms with Crippen molar-refractivity contribution < 1.29 is 19.2 Å². The van der Waals surface area contributed by atoms with Crippen LogP contribution < -0.4 is 15.6 Å². The first kappa shape index (κ1) is 19.2. The van der Waals surface area contributed by atoms with E-state index in [9.17, 15) is 19.2 Å². The SMILES string of the molecule is Cc1ccc(C(=O)N/N=C\[C@H]2C(=O)NC(=O)N(c3ccc(Cl)cc3)C2=O)cc1. The third-order valence-corrected chi connectivity index (χ3v) is 4.24. The number of imide groups is 2. The lowest BCUT2D eigenvalue weighted by molar-refractivity contribution is -0.131. The minimum Gasteiger partial charge on any atom is -0.276 e. The monoisotopic (exact) mass is 398 g/mol. The smallest absolute Gasteiger partial charge is 0.276 e. The Morgan fingerprint density at radius 1 is 1.11 bits per heavy atom. The molecule has 0 unspecified atom stereocenters. The minimum absolute atomic E-state index is 0.251. The Balaban J connectivity index is 1.74. The highest BCUT2D eigenvalue weighted by Gasteiger charge is 2.40. The summed E-state index contributed by atoms with van der Waals surface area (Å²) in [6.07, 6.45) is 0.985. The van der Waals surface area contributed by atoms with E-state index in [1.165, 1.54) is 24.3 Å². The largest absolute Gasteiger partial charge is 0.335 e. The lowest BCUT2D eigenvalue weighted by Crippen LogP contribution is -2.58. The van der Waals surface area contributed by atoms with Crippen molar-refractivity contribution in [1.29, 1.82) is 0 Å². The van der Waals surface area contributed by atoms with Crippen LogP contribution in [0.2, 0.25) is 5.02 Å². The third-order valence-electron chi connectivity index (χ3n) is 3.99. The summed E-state index contributed by atoms with van der Waals surface area (Å²) in [6, 6.07) is 11.9. The summed E-state index contributed by atoms with van der Waals surface area (Å²) >= 11 is 5.81. The standard InChI is InChI=1S/C19H15ClN4O4/c1-11-2-4-12(5-3-11)16(25)23-21-10-15-17(26)22-19(28)24(18(15)27)14-8-6-13(20)7-9-14/h2-10,15H,1H3,(H,23,25)(H,22,26,28)/b21-10-/t15-/m0/s1. The first-order chi connectivity index (χ1) is 13.4. The molecule has 0 spiro atoms. The predicted molar refractivity (Wildman–Crippen MR) is 103 cm³/mol. The first-order valence-electron chi connectivity index (χ1n) is 8.21. The van der Waals surface area contributed by atoms with Gasteiger partial charge in [-0.05, 0) is 43.3 Å². The number of carbonyl (C=O) groups is 4. The van der Waals surface area contributed by atoms with Crippen molar-refractivity contribution in [2.45, 2.75) is 6.92 Å². The number of carbonyl (C=O) groups excluding carboxylic acids is 4. The Hall–Kier alpha value is -3.52. The molecule has 2 aromatic rings. The quantitative estimate of drug-likeness (QED) is 0.467. The zero-order valence-electron chi connectivity index (χ0n) is 14.7. The fraction of sp³-hybridized carbons (Fsp3) is 0.105. The average Bonchev–Trinajstić information content (AvgIpc) is 2.66. The van der Waals surface area contributed by atoms with Gasteiger partial charge in [0.1, 0.15) is 0 Å². The van der Waals surface area contributed by atoms with Crippen LogP contribution in [0.3, 0.4) is 0 Å². The summed E-state index contributed by atoms with van der Waals surface area (Å²) < 4.78 is 0. The fourth-order valence-electron chi connectivity index (χ4n) is 2.50. The zero-order chi connectivity index (χ0) is 20.3. The van der Waals surface area contributed by atoms with Crippen molar-refractivity contribution in [1.82, 2.24) is 10.7 Å². The van der Waals surface area contributed by atoms with Gasteiger partial charge in [-0.1, -0.05) is 29.3 Å².